The maximum atomic E-state index is 5.82. The van der Waals surface area contributed by atoms with E-state index in [9.17, 15) is 0 Å². The molecule has 0 unspecified atom stereocenters. The Hall–Kier alpha value is -0.0800. The van der Waals surface area contributed by atoms with Gasteiger partial charge in [-0.05, 0) is 38.5 Å². The highest BCUT2D eigenvalue weighted by molar-refractivity contribution is 4.87. The Morgan fingerprint density at radius 1 is 0.818 bits per heavy atom. The van der Waals surface area contributed by atoms with E-state index in [-0.39, 0.29) is 0 Å². The van der Waals surface area contributed by atoms with Gasteiger partial charge in [-0.1, -0.05) is 0 Å². The molecule has 0 aromatic heterocycles. The van der Waals surface area contributed by atoms with E-state index in [1.54, 1.807) is 0 Å². The van der Waals surface area contributed by atoms with Gasteiger partial charge in [-0.2, -0.15) is 0 Å². The van der Waals surface area contributed by atoms with Crippen LogP contribution in [0.5, 0.6) is 0 Å². The molecule has 2 aliphatic carbocycles. The molecule has 0 amide bonds. The second-order valence-corrected chi connectivity index (χ2v) is 4.05. The lowest BCUT2D eigenvalue weighted by atomic mass is 9.92. The molecule has 2 saturated carbocycles. The van der Waals surface area contributed by atoms with Crippen molar-refractivity contribution >= 4 is 0 Å². The minimum atomic E-state index is 0.493. The summed E-state index contributed by atoms with van der Waals surface area (Å²) in [6.45, 7) is 0. The highest BCUT2D eigenvalue weighted by atomic mass is 15.0. The third-order valence-corrected chi connectivity index (χ3v) is 2.82. The van der Waals surface area contributed by atoms with Crippen LogP contribution in [0, 0.1) is 0 Å². The second-order valence-electron chi connectivity index (χ2n) is 4.05. The van der Waals surface area contributed by atoms with Crippen molar-refractivity contribution in [2.75, 3.05) is 0 Å². The Morgan fingerprint density at radius 3 is 1.73 bits per heavy atom. The third kappa shape index (κ3) is 2.17. The van der Waals surface area contributed by atoms with Crippen molar-refractivity contribution in [1.29, 1.82) is 0 Å². The van der Waals surface area contributed by atoms with E-state index < -0.39 is 0 Å². The average Bonchev–Trinajstić information content (AvgIpc) is 2.78. The summed E-state index contributed by atoms with van der Waals surface area (Å²) in [4.78, 5) is 0. The lowest BCUT2D eigenvalue weighted by molar-refractivity contribution is 0.341. The highest BCUT2D eigenvalue weighted by Gasteiger charge is 2.26. The Bertz CT molecular complexity index is 124. The van der Waals surface area contributed by atoms with Gasteiger partial charge in [0.05, 0.1) is 0 Å². The van der Waals surface area contributed by atoms with Crippen molar-refractivity contribution in [2.24, 2.45) is 5.73 Å². The van der Waals surface area contributed by atoms with Crippen LogP contribution >= 0.6 is 0 Å². The zero-order valence-electron chi connectivity index (χ0n) is 7.05. The molecule has 2 aliphatic rings. The van der Waals surface area contributed by atoms with E-state index >= 15 is 0 Å². The van der Waals surface area contributed by atoms with Crippen LogP contribution in [-0.2, 0) is 0 Å². The molecule has 2 fully saturated rings. The summed E-state index contributed by atoms with van der Waals surface area (Å²) in [5, 5.41) is 3.66. The average molecular weight is 154 g/mol. The maximum absolute atomic E-state index is 5.82. The predicted octanol–water partition coefficient (Wildman–Crippen LogP) is 1.01. The smallest absolute Gasteiger partial charge is 0.00708 e. The SMILES string of the molecule is N[C@H]1CC[C@H](NC2CC2)CC1. The molecule has 0 aliphatic heterocycles. The van der Waals surface area contributed by atoms with E-state index in [4.69, 9.17) is 5.73 Å². The molecule has 2 nitrogen and oxygen atoms in total. The third-order valence-electron chi connectivity index (χ3n) is 2.82. The molecule has 2 rings (SSSR count). The zero-order chi connectivity index (χ0) is 7.68. The fourth-order valence-electron chi connectivity index (χ4n) is 1.87. The van der Waals surface area contributed by atoms with Crippen LogP contribution in [0.15, 0.2) is 0 Å². The quantitative estimate of drug-likeness (QED) is 0.623. The highest BCUT2D eigenvalue weighted by Crippen LogP contribution is 2.24. The largest absolute Gasteiger partial charge is 0.328 e. The van der Waals surface area contributed by atoms with Gasteiger partial charge in [0.25, 0.3) is 0 Å². The van der Waals surface area contributed by atoms with Crippen LogP contribution in [0.1, 0.15) is 38.5 Å². The number of nitrogens with one attached hydrogen (secondary N) is 1. The summed E-state index contributed by atoms with van der Waals surface area (Å²) in [6, 6.07) is 2.16. The zero-order valence-corrected chi connectivity index (χ0v) is 7.05. The lowest BCUT2D eigenvalue weighted by Crippen LogP contribution is -2.38. The maximum Gasteiger partial charge on any atom is 0.00708 e. The number of hydrogen-bond donors (Lipinski definition) is 2. The first-order chi connectivity index (χ1) is 5.34. The summed E-state index contributed by atoms with van der Waals surface area (Å²) in [7, 11) is 0. The second kappa shape index (κ2) is 3.11. The van der Waals surface area contributed by atoms with Crippen LogP contribution in [0.3, 0.4) is 0 Å². The summed E-state index contributed by atoms with van der Waals surface area (Å²) in [5.41, 5.74) is 5.82. The van der Waals surface area contributed by atoms with Gasteiger partial charge >= 0.3 is 0 Å². The molecule has 0 radical (unpaired) electrons. The first kappa shape index (κ1) is 7.56. The molecule has 0 atom stereocenters. The molecule has 0 aromatic rings. The minimum absolute atomic E-state index is 0.493. The number of nitrogens with two attached hydrogens (primary N) is 1. The number of rotatable bonds is 2. The molecular formula is C9H18N2. The van der Waals surface area contributed by atoms with Crippen molar-refractivity contribution in [3.8, 4) is 0 Å². The van der Waals surface area contributed by atoms with Crippen molar-refractivity contribution in [2.45, 2.75) is 56.7 Å². The first-order valence-corrected chi connectivity index (χ1v) is 4.86. The molecule has 64 valence electrons. The molecular weight excluding hydrogens is 136 g/mol. The van der Waals surface area contributed by atoms with Crippen LogP contribution in [0.25, 0.3) is 0 Å². The van der Waals surface area contributed by atoms with E-state index in [2.05, 4.69) is 5.32 Å². The molecule has 0 heterocycles. The lowest BCUT2D eigenvalue weighted by Gasteiger charge is -2.26. The number of hydrogen-bond acceptors (Lipinski definition) is 2. The van der Waals surface area contributed by atoms with Crippen LogP contribution in [0.2, 0.25) is 0 Å². The Labute approximate surface area is 68.5 Å². The first-order valence-electron chi connectivity index (χ1n) is 4.86. The van der Waals surface area contributed by atoms with E-state index in [1.807, 2.05) is 0 Å². The molecule has 0 spiro atoms. The van der Waals surface area contributed by atoms with Gasteiger partial charge in [0.15, 0.2) is 0 Å². The van der Waals surface area contributed by atoms with Crippen LogP contribution in [0.4, 0.5) is 0 Å². The fourth-order valence-corrected chi connectivity index (χ4v) is 1.87. The Kier molecular flexibility index (Phi) is 2.14. The Balaban J connectivity index is 1.69. The Morgan fingerprint density at radius 2 is 1.27 bits per heavy atom. The van der Waals surface area contributed by atoms with E-state index in [0.29, 0.717) is 6.04 Å². The summed E-state index contributed by atoms with van der Waals surface area (Å²) in [5.74, 6) is 0. The summed E-state index contributed by atoms with van der Waals surface area (Å²) >= 11 is 0. The van der Waals surface area contributed by atoms with Gasteiger partial charge in [-0.3, -0.25) is 0 Å². The summed E-state index contributed by atoms with van der Waals surface area (Å²) < 4.78 is 0. The van der Waals surface area contributed by atoms with Gasteiger partial charge in [-0.15, -0.1) is 0 Å². The van der Waals surface area contributed by atoms with Gasteiger partial charge in [0.1, 0.15) is 0 Å². The fraction of sp³-hybridized carbons (Fsp3) is 1.00. The monoisotopic (exact) mass is 154 g/mol. The van der Waals surface area contributed by atoms with Crippen LogP contribution in [-0.4, -0.2) is 18.1 Å². The molecule has 0 saturated heterocycles. The van der Waals surface area contributed by atoms with Gasteiger partial charge < -0.3 is 11.1 Å². The van der Waals surface area contributed by atoms with E-state index in [0.717, 1.165) is 12.1 Å². The topological polar surface area (TPSA) is 38.0 Å². The van der Waals surface area contributed by atoms with E-state index in [1.165, 1.54) is 38.5 Å². The van der Waals surface area contributed by atoms with Gasteiger partial charge in [0.2, 0.25) is 0 Å². The summed E-state index contributed by atoms with van der Waals surface area (Å²) in [6.07, 6.45) is 7.87. The molecule has 0 aromatic carbocycles. The van der Waals surface area contributed by atoms with Crippen LogP contribution < -0.4 is 11.1 Å². The normalized spacial score (nSPS) is 39.0. The van der Waals surface area contributed by atoms with Crippen molar-refractivity contribution in [1.82, 2.24) is 5.32 Å². The van der Waals surface area contributed by atoms with Crippen molar-refractivity contribution in [3.05, 3.63) is 0 Å². The van der Waals surface area contributed by atoms with Crippen molar-refractivity contribution in [3.63, 3.8) is 0 Å². The van der Waals surface area contributed by atoms with Crippen molar-refractivity contribution < 1.29 is 0 Å². The van der Waals surface area contributed by atoms with Gasteiger partial charge in [0, 0.05) is 18.1 Å². The predicted molar refractivity (Wildman–Crippen MR) is 46.4 cm³/mol. The van der Waals surface area contributed by atoms with Gasteiger partial charge in [-0.25, -0.2) is 0 Å². The minimum Gasteiger partial charge on any atom is -0.328 e. The standard InChI is InChI=1S/C9H18N2/c10-7-1-3-8(4-2-7)11-9-5-6-9/h7-9,11H,1-6,10H2/t7-,8-. The molecule has 11 heavy (non-hydrogen) atoms. The molecule has 2 heteroatoms. The molecule has 3 N–H and O–H groups in total. The molecule has 0 bridgehead atoms.